The Morgan fingerprint density at radius 2 is 1.89 bits per heavy atom. The van der Waals surface area contributed by atoms with Crippen LogP contribution in [0.15, 0.2) is 23.1 Å². The van der Waals surface area contributed by atoms with E-state index in [1.54, 1.807) is 0 Å². The van der Waals surface area contributed by atoms with Gasteiger partial charge in [0.15, 0.2) is 0 Å². The highest BCUT2D eigenvalue weighted by Gasteiger charge is 2.46. The summed E-state index contributed by atoms with van der Waals surface area (Å²) in [6.45, 7) is 5.35. The van der Waals surface area contributed by atoms with Gasteiger partial charge in [-0.1, -0.05) is 13.8 Å². The lowest BCUT2D eigenvalue weighted by Gasteiger charge is -2.31. The summed E-state index contributed by atoms with van der Waals surface area (Å²) < 4.78 is 33.8. The Labute approximate surface area is 159 Å². The molecule has 10 heteroatoms. The summed E-state index contributed by atoms with van der Waals surface area (Å²) in [6.07, 6.45) is 1.05. The number of amides is 3. The number of benzene rings is 1. The molecule has 1 aliphatic heterocycles. The van der Waals surface area contributed by atoms with Crippen molar-refractivity contribution >= 4 is 22.0 Å². The highest BCUT2D eigenvalue weighted by molar-refractivity contribution is 7.89. The van der Waals surface area contributed by atoms with Crippen molar-refractivity contribution in [2.75, 3.05) is 13.7 Å². The lowest BCUT2D eigenvalue weighted by molar-refractivity contribution is -0.123. The van der Waals surface area contributed by atoms with Crippen molar-refractivity contribution in [2.24, 2.45) is 5.73 Å². The summed E-state index contributed by atoms with van der Waals surface area (Å²) in [5.41, 5.74) is 3.82. The molecule has 1 aliphatic rings. The van der Waals surface area contributed by atoms with E-state index in [1.165, 1.54) is 32.2 Å². The summed E-state index contributed by atoms with van der Waals surface area (Å²) in [7, 11) is -2.52. The molecule has 1 saturated heterocycles. The minimum Gasteiger partial charge on any atom is -0.496 e. The van der Waals surface area contributed by atoms with Gasteiger partial charge in [-0.2, -0.15) is 0 Å². The van der Waals surface area contributed by atoms with Gasteiger partial charge in [0.05, 0.1) is 12.0 Å². The molecule has 2 rings (SSSR count). The van der Waals surface area contributed by atoms with Crippen LogP contribution in [0.5, 0.6) is 5.75 Å². The first kappa shape index (κ1) is 21.1. The number of methoxy groups -OCH3 is 1. The van der Waals surface area contributed by atoms with E-state index < -0.39 is 33.0 Å². The fourth-order valence-corrected chi connectivity index (χ4v) is 4.63. The van der Waals surface area contributed by atoms with Crippen molar-refractivity contribution < 1.29 is 22.7 Å². The summed E-state index contributed by atoms with van der Waals surface area (Å²) >= 11 is 0. The standard InChI is InChI=1S/C17H26N4O5S/c1-5-17(6-2,10-18)21-27(24,25)11-7-8-13(26-4)12(9-11)16(3)14(22)19-15(23)20-16/h7-9,21H,5-6,10,18H2,1-4H3,(H2,19,20,22,23). The molecule has 1 unspecified atom stereocenters. The molecular weight excluding hydrogens is 372 g/mol. The molecule has 0 radical (unpaired) electrons. The average molecular weight is 398 g/mol. The predicted octanol–water partition coefficient (Wildman–Crippen LogP) is 0.546. The van der Waals surface area contributed by atoms with Crippen LogP contribution in [0.1, 0.15) is 39.2 Å². The molecule has 1 fully saturated rings. The fourth-order valence-electron chi connectivity index (χ4n) is 3.05. The number of imide groups is 1. The van der Waals surface area contributed by atoms with E-state index >= 15 is 0 Å². The Kier molecular flexibility index (Phi) is 5.83. The van der Waals surface area contributed by atoms with Crippen molar-refractivity contribution in [3.63, 3.8) is 0 Å². The number of urea groups is 1. The monoisotopic (exact) mass is 398 g/mol. The lowest BCUT2D eigenvalue weighted by atomic mass is 9.91. The van der Waals surface area contributed by atoms with Gasteiger partial charge in [-0.15, -0.1) is 0 Å². The molecule has 1 atom stereocenters. The van der Waals surface area contributed by atoms with Crippen LogP contribution in [0.3, 0.4) is 0 Å². The molecule has 3 amide bonds. The second-order valence-electron chi connectivity index (χ2n) is 6.69. The highest BCUT2D eigenvalue weighted by Crippen LogP contribution is 2.34. The van der Waals surface area contributed by atoms with E-state index in [4.69, 9.17) is 10.5 Å². The number of nitrogens with one attached hydrogen (secondary N) is 3. The highest BCUT2D eigenvalue weighted by atomic mass is 32.2. The summed E-state index contributed by atoms with van der Waals surface area (Å²) in [4.78, 5) is 23.8. The Morgan fingerprint density at radius 1 is 1.26 bits per heavy atom. The maximum atomic E-state index is 12.9. The van der Waals surface area contributed by atoms with E-state index in [-0.39, 0.29) is 22.8 Å². The minimum absolute atomic E-state index is 0.0480. The number of carbonyl (C=O) groups excluding carboxylic acids is 2. The van der Waals surface area contributed by atoms with E-state index in [2.05, 4.69) is 15.4 Å². The second kappa shape index (κ2) is 7.45. The molecular formula is C17H26N4O5S. The van der Waals surface area contributed by atoms with Crippen LogP contribution < -0.4 is 25.8 Å². The van der Waals surface area contributed by atoms with Gasteiger partial charge < -0.3 is 15.8 Å². The summed E-state index contributed by atoms with van der Waals surface area (Å²) in [5.74, 6) is -0.309. The first-order chi connectivity index (χ1) is 12.6. The predicted molar refractivity (Wildman–Crippen MR) is 99.7 cm³/mol. The van der Waals surface area contributed by atoms with Gasteiger partial charge in [-0.3, -0.25) is 10.1 Å². The van der Waals surface area contributed by atoms with Gasteiger partial charge in [0.1, 0.15) is 11.3 Å². The van der Waals surface area contributed by atoms with Crippen molar-refractivity contribution in [2.45, 2.75) is 49.6 Å². The van der Waals surface area contributed by atoms with E-state index in [9.17, 15) is 18.0 Å². The second-order valence-corrected chi connectivity index (χ2v) is 8.37. The van der Waals surface area contributed by atoms with Crippen molar-refractivity contribution in [3.05, 3.63) is 23.8 Å². The molecule has 9 nitrogen and oxygen atoms in total. The van der Waals surface area contributed by atoms with Crippen LogP contribution in [0, 0.1) is 0 Å². The maximum absolute atomic E-state index is 12.9. The van der Waals surface area contributed by atoms with E-state index in [0.29, 0.717) is 12.8 Å². The Bertz CT molecular complexity index is 843. The molecule has 1 aromatic rings. The Morgan fingerprint density at radius 3 is 2.33 bits per heavy atom. The first-order valence-corrected chi connectivity index (χ1v) is 10.1. The SMILES string of the molecule is CCC(CC)(CN)NS(=O)(=O)c1ccc(OC)c(C2(C)NC(=O)NC2=O)c1. The molecule has 150 valence electrons. The van der Waals surface area contributed by atoms with Crippen LogP contribution in [-0.4, -0.2) is 39.5 Å². The summed E-state index contributed by atoms with van der Waals surface area (Å²) in [6, 6.07) is 3.51. The zero-order chi connectivity index (χ0) is 20.5. The van der Waals surface area contributed by atoms with Gasteiger partial charge in [0.25, 0.3) is 5.91 Å². The van der Waals surface area contributed by atoms with Gasteiger partial charge >= 0.3 is 6.03 Å². The lowest BCUT2D eigenvalue weighted by Crippen LogP contribution is -2.52. The zero-order valence-corrected chi connectivity index (χ0v) is 16.7. The number of rotatable bonds is 8. The topological polar surface area (TPSA) is 140 Å². The van der Waals surface area contributed by atoms with Gasteiger partial charge in [0.2, 0.25) is 10.0 Å². The third-order valence-electron chi connectivity index (χ3n) is 5.16. The van der Waals surface area contributed by atoms with Gasteiger partial charge in [0, 0.05) is 17.6 Å². The third-order valence-corrected chi connectivity index (χ3v) is 6.74. The van der Waals surface area contributed by atoms with Gasteiger partial charge in [-0.25, -0.2) is 17.9 Å². The number of ether oxygens (including phenoxy) is 1. The molecule has 0 bridgehead atoms. The van der Waals surface area contributed by atoms with Crippen molar-refractivity contribution in [1.82, 2.24) is 15.4 Å². The molecule has 27 heavy (non-hydrogen) atoms. The molecule has 0 spiro atoms. The molecule has 5 N–H and O–H groups in total. The number of sulfonamides is 1. The van der Waals surface area contributed by atoms with E-state index in [1.807, 2.05) is 13.8 Å². The van der Waals surface area contributed by atoms with Crippen molar-refractivity contribution in [3.8, 4) is 5.75 Å². The Balaban J connectivity index is 2.54. The normalized spacial score (nSPS) is 20.3. The maximum Gasteiger partial charge on any atom is 0.322 e. The number of carbonyl (C=O) groups is 2. The average Bonchev–Trinajstić information content (AvgIpc) is 2.91. The molecule has 1 heterocycles. The van der Waals surface area contributed by atoms with Crippen molar-refractivity contribution in [1.29, 1.82) is 0 Å². The van der Waals surface area contributed by atoms with E-state index in [0.717, 1.165) is 0 Å². The minimum atomic E-state index is -3.92. The van der Waals surface area contributed by atoms with Crippen LogP contribution in [-0.2, 0) is 20.4 Å². The fraction of sp³-hybridized carbons (Fsp3) is 0.529. The zero-order valence-electron chi connectivity index (χ0n) is 15.9. The quantitative estimate of drug-likeness (QED) is 0.471. The van der Waals surface area contributed by atoms with Crippen LogP contribution in [0.4, 0.5) is 4.79 Å². The largest absolute Gasteiger partial charge is 0.496 e. The Hall–Kier alpha value is -2.17. The molecule has 0 aromatic heterocycles. The molecule has 0 aliphatic carbocycles. The summed E-state index contributed by atoms with van der Waals surface area (Å²) in [5, 5.41) is 4.67. The number of nitrogens with two attached hydrogens (primary N) is 1. The first-order valence-electron chi connectivity index (χ1n) is 8.63. The van der Waals surface area contributed by atoms with Gasteiger partial charge in [-0.05, 0) is 38.0 Å². The number of hydrogen-bond acceptors (Lipinski definition) is 6. The molecule has 1 aromatic carbocycles. The van der Waals surface area contributed by atoms with Crippen LogP contribution >= 0.6 is 0 Å². The van der Waals surface area contributed by atoms with Crippen LogP contribution in [0.25, 0.3) is 0 Å². The third kappa shape index (κ3) is 3.78. The number of hydrogen-bond donors (Lipinski definition) is 4. The smallest absolute Gasteiger partial charge is 0.322 e. The molecule has 0 saturated carbocycles. The van der Waals surface area contributed by atoms with Crippen LogP contribution in [0.2, 0.25) is 0 Å².